The fraction of sp³-hybridized carbons (Fsp3) is 0.133. The minimum atomic E-state index is -0.590. The van der Waals surface area contributed by atoms with Crippen LogP contribution >= 0.6 is 0 Å². The first-order valence-corrected chi connectivity index (χ1v) is 12.9. The lowest BCUT2D eigenvalue weighted by Crippen LogP contribution is -2.36. The van der Waals surface area contributed by atoms with Gasteiger partial charge in [-0.15, -0.1) is 4.98 Å². The van der Waals surface area contributed by atoms with Crippen LogP contribution in [-0.2, 0) is 4.74 Å². The highest BCUT2D eigenvalue weighted by Gasteiger charge is 2.21. The average molecular weight is 533 g/mol. The van der Waals surface area contributed by atoms with Crippen molar-refractivity contribution in [3.63, 3.8) is 0 Å². The quantitative estimate of drug-likeness (QED) is 0.315. The summed E-state index contributed by atoms with van der Waals surface area (Å²) in [4.78, 5) is 15.6. The summed E-state index contributed by atoms with van der Waals surface area (Å²) in [6.07, 6.45) is 5.10. The van der Waals surface area contributed by atoms with Gasteiger partial charge in [-0.3, -0.25) is 0 Å². The molecule has 2 N–H and O–H groups in total. The van der Waals surface area contributed by atoms with Gasteiger partial charge in [0, 0.05) is 29.6 Å². The predicted octanol–water partition coefficient (Wildman–Crippen LogP) is 5.02. The van der Waals surface area contributed by atoms with E-state index in [4.69, 9.17) is 19.1 Å². The predicted molar refractivity (Wildman–Crippen MR) is 151 cm³/mol. The SMILES string of the molecule is Oc1nc(O)c(-c2ccc(-c3c(C=Cc4ccc5ccccc5n4)nc4c(N5CCOCC5)ccnn34)cc2)o1. The van der Waals surface area contributed by atoms with Crippen LogP contribution in [0.5, 0.6) is 12.0 Å². The standard InChI is InChI=1S/C30H24N6O4/c37-29-27(40-30(38)34-29)21-7-5-20(6-8-21)26-24(12-11-22-10-9-19-3-1-2-4-23(19)32-22)33-28-25(13-14-31-36(26)28)35-15-17-39-18-16-35/h1-14,37H,15-18H2,(H,34,38). The second-order valence-electron chi connectivity index (χ2n) is 9.39. The zero-order valence-electron chi connectivity index (χ0n) is 21.3. The lowest BCUT2D eigenvalue weighted by atomic mass is 10.1. The fourth-order valence-electron chi connectivity index (χ4n) is 5.00. The van der Waals surface area contributed by atoms with Crippen molar-refractivity contribution in [1.82, 2.24) is 24.6 Å². The third-order valence-corrected chi connectivity index (χ3v) is 6.93. The molecule has 40 heavy (non-hydrogen) atoms. The first kappa shape index (κ1) is 23.9. The fourth-order valence-corrected chi connectivity index (χ4v) is 5.00. The van der Waals surface area contributed by atoms with E-state index in [0.717, 1.165) is 58.0 Å². The van der Waals surface area contributed by atoms with E-state index in [9.17, 15) is 10.2 Å². The van der Waals surface area contributed by atoms with Crippen LogP contribution in [0.3, 0.4) is 0 Å². The minimum Gasteiger partial charge on any atom is -0.490 e. The number of rotatable bonds is 5. The van der Waals surface area contributed by atoms with Gasteiger partial charge in [0.25, 0.3) is 5.88 Å². The van der Waals surface area contributed by atoms with Gasteiger partial charge in [0.05, 0.1) is 42.0 Å². The molecule has 6 aromatic rings. The summed E-state index contributed by atoms with van der Waals surface area (Å²) in [6.45, 7) is 2.87. The van der Waals surface area contributed by atoms with E-state index in [1.807, 2.05) is 65.2 Å². The summed E-state index contributed by atoms with van der Waals surface area (Å²) in [5.41, 5.74) is 6.44. The molecule has 2 aromatic carbocycles. The molecule has 0 bridgehead atoms. The van der Waals surface area contributed by atoms with E-state index >= 15 is 0 Å². The third-order valence-electron chi connectivity index (χ3n) is 6.93. The molecular weight excluding hydrogens is 508 g/mol. The van der Waals surface area contributed by atoms with Gasteiger partial charge in [-0.1, -0.05) is 48.5 Å². The molecule has 4 aromatic heterocycles. The van der Waals surface area contributed by atoms with Gasteiger partial charge in [0.15, 0.2) is 5.65 Å². The number of aromatic nitrogens is 5. The van der Waals surface area contributed by atoms with Gasteiger partial charge in [-0.25, -0.2) is 14.5 Å². The van der Waals surface area contributed by atoms with Gasteiger partial charge >= 0.3 is 6.08 Å². The Morgan fingerprint density at radius 2 is 1.60 bits per heavy atom. The number of imidazole rings is 1. The van der Waals surface area contributed by atoms with Crippen molar-refractivity contribution >= 4 is 34.4 Å². The first-order valence-electron chi connectivity index (χ1n) is 12.9. The lowest BCUT2D eigenvalue weighted by molar-refractivity contribution is 0.123. The number of nitrogens with zero attached hydrogens (tertiary/aromatic N) is 6. The number of aromatic hydroxyl groups is 2. The molecule has 10 heteroatoms. The van der Waals surface area contributed by atoms with Crippen LogP contribution in [0.25, 0.3) is 51.3 Å². The van der Waals surface area contributed by atoms with E-state index in [0.29, 0.717) is 18.8 Å². The number of oxazole rings is 1. The molecule has 7 rings (SSSR count). The molecule has 1 aliphatic rings. The Hall–Kier alpha value is -5.22. The molecule has 1 aliphatic heterocycles. The zero-order valence-corrected chi connectivity index (χ0v) is 21.3. The van der Waals surface area contributed by atoms with Crippen LogP contribution in [0, 0.1) is 0 Å². The average Bonchev–Trinajstić information content (AvgIpc) is 3.55. The summed E-state index contributed by atoms with van der Waals surface area (Å²) in [5, 5.41) is 25.3. The van der Waals surface area contributed by atoms with Crippen LogP contribution < -0.4 is 4.90 Å². The highest BCUT2D eigenvalue weighted by Crippen LogP contribution is 2.35. The van der Waals surface area contributed by atoms with E-state index < -0.39 is 6.08 Å². The van der Waals surface area contributed by atoms with Crippen molar-refractivity contribution in [3.05, 3.63) is 84.3 Å². The van der Waals surface area contributed by atoms with Gasteiger partial charge < -0.3 is 24.3 Å². The molecule has 0 saturated carbocycles. The first-order chi connectivity index (χ1) is 19.6. The highest BCUT2D eigenvalue weighted by molar-refractivity contribution is 5.85. The zero-order chi connectivity index (χ0) is 27.1. The Morgan fingerprint density at radius 3 is 2.40 bits per heavy atom. The highest BCUT2D eigenvalue weighted by atomic mass is 16.5. The van der Waals surface area contributed by atoms with E-state index in [1.165, 1.54) is 0 Å². The number of pyridine rings is 1. The summed E-state index contributed by atoms with van der Waals surface area (Å²) in [6, 6.07) is 21.4. The lowest BCUT2D eigenvalue weighted by Gasteiger charge is -2.28. The van der Waals surface area contributed by atoms with Crippen molar-refractivity contribution in [3.8, 4) is 34.5 Å². The van der Waals surface area contributed by atoms with Crippen molar-refractivity contribution in [2.24, 2.45) is 0 Å². The Morgan fingerprint density at radius 1 is 0.800 bits per heavy atom. The van der Waals surface area contributed by atoms with Crippen molar-refractivity contribution in [1.29, 1.82) is 0 Å². The van der Waals surface area contributed by atoms with E-state index in [2.05, 4.69) is 21.0 Å². The molecule has 0 amide bonds. The molecule has 0 atom stereocenters. The molecule has 0 unspecified atom stereocenters. The van der Waals surface area contributed by atoms with Crippen LogP contribution in [0.1, 0.15) is 11.4 Å². The van der Waals surface area contributed by atoms with Crippen molar-refractivity contribution < 1.29 is 19.4 Å². The second-order valence-corrected chi connectivity index (χ2v) is 9.39. The Kier molecular flexibility index (Phi) is 5.86. The van der Waals surface area contributed by atoms with Crippen LogP contribution in [-0.4, -0.2) is 61.1 Å². The maximum atomic E-state index is 10.0. The normalized spacial score (nSPS) is 14.1. The van der Waals surface area contributed by atoms with Crippen molar-refractivity contribution in [2.45, 2.75) is 0 Å². The van der Waals surface area contributed by atoms with Gasteiger partial charge in [0.1, 0.15) is 5.69 Å². The number of hydrogen-bond acceptors (Lipinski definition) is 9. The molecule has 0 aliphatic carbocycles. The van der Waals surface area contributed by atoms with Crippen molar-refractivity contribution in [2.75, 3.05) is 31.2 Å². The Bertz CT molecular complexity index is 1870. The van der Waals surface area contributed by atoms with Crippen LogP contribution in [0.15, 0.2) is 77.3 Å². The summed E-state index contributed by atoms with van der Waals surface area (Å²) in [5.74, 6) is -0.277. The molecule has 198 valence electrons. The smallest absolute Gasteiger partial charge is 0.395 e. The summed E-state index contributed by atoms with van der Waals surface area (Å²) < 4.78 is 12.6. The number of hydrogen-bond donors (Lipinski definition) is 2. The van der Waals surface area contributed by atoms with Gasteiger partial charge in [0.2, 0.25) is 5.76 Å². The minimum absolute atomic E-state index is 0.0948. The number of benzene rings is 2. The molecule has 0 radical (unpaired) electrons. The number of anilines is 1. The Balaban J connectivity index is 1.34. The third kappa shape index (κ3) is 4.30. The topological polar surface area (TPSA) is 122 Å². The van der Waals surface area contributed by atoms with E-state index in [-0.39, 0.29) is 11.6 Å². The van der Waals surface area contributed by atoms with Gasteiger partial charge in [-0.05, 0) is 30.4 Å². The van der Waals surface area contributed by atoms with Crippen LogP contribution in [0.2, 0.25) is 0 Å². The van der Waals surface area contributed by atoms with Gasteiger partial charge in [-0.2, -0.15) is 5.10 Å². The maximum absolute atomic E-state index is 10.0. The largest absolute Gasteiger partial charge is 0.490 e. The molecule has 5 heterocycles. The molecule has 1 saturated heterocycles. The number of morpholine rings is 1. The maximum Gasteiger partial charge on any atom is 0.395 e. The molecule has 10 nitrogen and oxygen atoms in total. The van der Waals surface area contributed by atoms with Crippen LogP contribution in [0.4, 0.5) is 5.69 Å². The molecular formula is C30H24N6O4. The number of para-hydroxylation sites is 1. The van der Waals surface area contributed by atoms with E-state index in [1.54, 1.807) is 18.3 Å². The molecule has 1 fully saturated rings. The summed E-state index contributed by atoms with van der Waals surface area (Å²) >= 11 is 0. The summed E-state index contributed by atoms with van der Waals surface area (Å²) in [7, 11) is 0. The Labute approximate surface area is 228 Å². The number of fused-ring (bicyclic) bond motifs is 2. The second kappa shape index (κ2) is 9.83. The number of ether oxygens (including phenoxy) is 1. The molecule has 0 spiro atoms. The monoisotopic (exact) mass is 532 g/mol.